The third-order valence-electron chi connectivity index (χ3n) is 4.45. The fraction of sp³-hybridized carbons (Fsp3) is 0.300. The van der Waals surface area contributed by atoms with Gasteiger partial charge in [-0.15, -0.1) is 0 Å². The molecule has 1 aliphatic heterocycles. The SMILES string of the molecule is CN(CCCCCN1C(=O)c2ccccc2C1=O)c1ccccc1. The van der Waals surface area contributed by atoms with Crippen LogP contribution in [-0.2, 0) is 0 Å². The first kappa shape index (κ1) is 16.2. The Balaban J connectivity index is 1.43. The molecule has 24 heavy (non-hydrogen) atoms. The first-order valence-corrected chi connectivity index (χ1v) is 8.40. The number of carbonyl (C=O) groups excluding carboxylic acids is 2. The molecule has 2 amide bonds. The van der Waals surface area contributed by atoms with Crippen molar-refractivity contribution >= 4 is 17.5 Å². The number of hydrogen-bond donors (Lipinski definition) is 0. The normalized spacial score (nSPS) is 13.3. The van der Waals surface area contributed by atoms with E-state index in [0.29, 0.717) is 17.7 Å². The van der Waals surface area contributed by atoms with E-state index in [9.17, 15) is 9.59 Å². The highest BCUT2D eigenvalue weighted by Gasteiger charge is 2.34. The number of unbranched alkanes of at least 4 members (excludes halogenated alkanes) is 2. The van der Waals surface area contributed by atoms with E-state index in [1.165, 1.54) is 10.6 Å². The van der Waals surface area contributed by atoms with Crippen molar-refractivity contribution < 1.29 is 9.59 Å². The van der Waals surface area contributed by atoms with Crippen molar-refractivity contribution in [2.45, 2.75) is 19.3 Å². The van der Waals surface area contributed by atoms with Gasteiger partial charge < -0.3 is 4.90 Å². The van der Waals surface area contributed by atoms with Crippen LogP contribution in [0.2, 0.25) is 0 Å². The standard InChI is InChI=1S/C20H22N2O2/c1-21(16-10-4-2-5-11-16)14-8-3-9-15-22-19(23)17-12-6-7-13-18(17)20(22)24/h2,4-7,10-13H,3,8-9,14-15H2,1H3. The molecule has 2 aromatic rings. The molecule has 0 atom stereocenters. The van der Waals surface area contributed by atoms with Gasteiger partial charge in [-0.25, -0.2) is 0 Å². The van der Waals surface area contributed by atoms with Gasteiger partial charge >= 0.3 is 0 Å². The summed E-state index contributed by atoms with van der Waals surface area (Å²) in [6.45, 7) is 1.47. The third kappa shape index (κ3) is 3.32. The first-order valence-electron chi connectivity index (χ1n) is 8.40. The van der Waals surface area contributed by atoms with Gasteiger partial charge in [0.1, 0.15) is 0 Å². The monoisotopic (exact) mass is 322 g/mol. The first-order chi connectivity index (χ1) is 11.7. The molecule has 0 fully saturated rings. The maximum absolute atomic E-state index is 12.3. The highest BCUT2D eigenvalue weighted by Crippen LogP contribution is 2.22. The molecule has 4 nitrogen and oxygen atoms in total. The van der Waals surface area contributed by atoms with E-state index in [2.05, 4.69) is 24.1 Å². The number of rotatable bonds is 7. The highest BCUT2D eigenvalue weighted by molar-refractivity contribution is 6.21. The Morgan fingerprint density at radius 2 is 1.38 bits per heavy atom. The van der Waals surface area contributed by atoms with Crippen molar-refractivity contribution in [2.75, 3.05) is 25.0 Å². The minimum Gasteiger partial charge on any atom is -0.375 e. The average molecular weight is 322 g/mol. The Bertz CT molecular complexity index is 692. The van der Waals surface area contributed by atoms with Crippen molar-refractivity contribution in [3.05, 3.63) is 65.7 Å². The molecule has 0 unspecified atom stereocenters. The maximum atomic E-state index is 12.3. The second-order valence-electron chi connectivity index (χ2n) is 6.13. The van der Waals surface area contributed by atoms with Gasteiger partial charge in [0.25, 0.3) is 11.8 Å². The second kappa shape index (κ2) is 7.30. The molecule has 0 aromatic heterocycles. The highest BCUT2D eigenvalue weighted by atomic mass is 16.2. The maximum Gasteiger partial charge on any atom is 0.261 e. The number of anilines is 1. The largest absolute Gasteiger partial charge is 0.375 e. The number of carbonyl (C=O) groups is 2. The predicted octanol–water partition coefficient (Wildman–Crippen LogP) is 3.59. The van der Waals surface area contributed by atoms with Crippen LogP contribution in [0.5, 0.6) is 0 Å². The van der Waals surface area contributed by atoms with Crippen molar-refractivity contribution in [3.63, 3.8) is 0 Å². The number of benzene rings is 2. The lowest BCUT2D eigenvalue weighted by Crippen LogP contribution is -2.30. The summed E-state index contributed by atoms with van der Waals surface area (Å²) < 4.78 is 0. The summed E-state index contributed by atoms with van der Waals surface area (Å²) in [4.78, 5) is 28.1. The van der Waals surface area contributed by atoms with Crippen LogP contribution >= 0.6 is 0 Å². The van der Waals surface area contributed by atoms with Gasteiger partial charge in [0.05, 0.1) is 11.1 Å². The third-order valence-corrected chi connectivity index (χ3v) is 4.45. The van der Waals surface area contributed by atoms with Crippen molar-refractivity contribution in [2.24, 2.45) is 0 Å². The lowest BCUT2D eigenvalue weighted by Gasteiger charge is -2.19. The minimum atomic E-state index is -0.156. The van der Waals surface area contributed by atoms with Crippen LogP contribution < -0.4 is 4.90 Å². The fourth-order valence-electron chi connectivity index (χ4n) is 3.05. The lowest BCUT2D eigenvalue weighted by atomic mass is 10.1. The molecule has 1 aliphatic rings. The molecule has 0 saturated carbocycles. The molecule has 0 bridgehead atoms. The van der Waals surface area contributed by atoms with Gasteiger partial charge in [0.2, 0.25) is 0 Å². The Kier molecular flexibility index (Phi) is 4.94. The molecule has 4 heteroatoms. The van der Waals surface area contributed by atoms with Crippen molar-refractivity contribution in [1.29, 1.82) is 0 Å². The summed E-state index contributed by atoms with van der Waals surface area (Å²) in [6.07, 6.45) is 2.87. The number of fused-ring (bicyclic) bond motifs is 1. The zero-order valence-electron chi connectivity index (χ0n) is 13.9. The fourth-order valence-corrected chi connectivity index (χ4v) is 3.05. The summed E-state index contributed by atoms with van der Waals surface area (Å²) >= 11 is 0. The summed E-state index contributed by atoms with van der Waals surface area (Å²) in [6, 6.07) is 17.3. The topological polar surface area (TPSA) is 40.6 Å². The van der Waals surface area contributed by atoms with E-state index in [1.807, 2.05) is 18.2 Å². The molecule has 1 heterocycles. The van der Waals surface area contributed by atoms with E-state index < -0.39 is 0 Å². The van der Waals surface area contributed by atoms with Crippen LogP contribution in [-0.4, -0.2) is 36.9 Å². The van der Waals surface area contributed by atoms with Gasteiger partial charge in [0.15, 0.2) is 0 Å². The zero-order valence-corrected chi connectivity index (χ0v) is 13.9. The van der Waals surface area contributed by atoms with Gasteiger partial charge in [-0.1, -0.05) is 30.3 Å². The Morgan fingerprint density at radius 3 is 2.00 bits per heavy atom. The smallest absolute Gasteiger partial charge is 0.261 e. The number of amides is 2. The van der Waals surface area contributed by atoms with E-state index in [1.54, 1.807) is 24.3 Å². The van der Waals surface area contributed by atoms with Crippen LogP contribution in [0.15, 0.2) is 54.6 Å². The van der Waals surface area contributed by atoms with E-state index >= 15 is 0 Å². The van der Waals surface area contributed by atoms with Crippen molar-refractivity contribution in [3.8, 4) is 0 Å². The molecule has 124 valence electrons. The number of para-hydroxylation sites is 1. The number of nitrogens with zero attached hydrogens (tertiary/aromatic N) is 2. The zero-order chi connectivity index (χ0) is 16.9. The number of hydrogen-bond acceptors (Lipinski definition) is 3. The Hall–Kier alpha value is -2.62. The van der Waals surface area contributed by atoms with Crippen LogP contribution in [0.25, 0.3) is 0 Å². The summed E-state index contributed by atoms with van der Waals surface area (Å²) in [5.74, 6) is -0.311. The van der Waals surface area contributed by atoms with Crippen molar-refractivity contribution in [1.82, 2.24) is 4.90 Å². The predicted molar refractivity (Wildman–Crippen MR) is 95.4 cm³/mol. The molecule has 0 aliphatic carbocycles. The Morgan fingerprint density at radius 1 is 0.792 bits per heavy atom. The number of imide groups is 1. The molecule has 3 rings (SSSR count). The van der Waals surface area contributed by atoms with Gasteiger partial charge in [-0.05, 0) is 43.5 Å². The van der Waals surface area contributed by atoms with E-state index in [0.717, 1.165) is 25.8 Å². The van der Waals surface area contributed by atoms with E-state index in [-0.39, 0.29) is 11.8 Å². The summed E-state index contributed by atoms with van der Waals surface area (Å²) in [5.41, 5.74) is 2.27. The summed E-state index contributed by atoms with van der Waals surface area (Å²) in [7, 11) is 2.08. The molecule has 0 N–H and O–H groups in total. The van der Waals surface area contributed by atoms with Crippen LogP contribution in [0.1, 0.15) is 40.0 Å². The molecule has 0 spiro atoms. The summed E-state index contributed by atoms with van der Waals surface area (Å²) in [5, 5.41) is 0. The van der Waals surface area contributed by atoms with Gasteiger partial charge in [0, 0.05) is 25.8 Å². The Labute approximate surface area is 142 Å². The lowest BCUT2D eigenvalue weighted by molar-refractivity contribution is 0.0651. The van der Waals surface area contributed by atoms with Gasteiger partial charge in [-0.3, -0.25) is 14.5 Å². The van der Waals surface area contributed by atoms with Crippen LogP contribution in [0, 0.1) is 0 Å². The molecular formula is C20H22N2O2. The van der Waals surface area contributed by atoms with Crippen LogP contribution in [0.3, 0.4) is 0 Å². The quantitative estimate of drug-likeness (QED) is 0.578. The average Bonchev–Trinajstić information content (AvgIpc) is 2.87. The van der Waals surface area contributed by atoms with E-state index in [4.69, 9.17) is 0 Å². The second-order valence-corrected chi connectivity index (χ2v) is 6.13. The van der Waals surface area contributed by atoms with Gasteiger partial charge in [-0.2, -0.15) is 0 Å². The molecule has 2 aromatic carbocycles. The molecule has 0 radical (unpaired) electrons. The molecule has 0 saturated heterocycles. The molecular weight excluding hydrogens is 300 g/mol. The minimum absolute atomic E-state index is 0.156. The van der Waals surface area contributed by atoms with Crippen LogP contribution in [0.4, 0.5) is 5.69 Å².